The van der Waals surface area contributed by atoms with Gasteiger partial charge in [-0.15, -0.1) is 0 Å². The number of nitrogens with one attached hydrogen (secondary N) is 1. The standard InChI is InChI=1S/C19H24N4O2/c1-22-18(24)10-9-17(21-22)19(25)20-13-15-5-7-16(8-6-15)14-23-11-3-2-4-12-23/h5-10H,2-4,11-14H2,1H3,(H,20,25). The normalized spacial score (nSPS) is 15.1. The Labute approximate surface area is 147 Å². The van der Waals surface area contributed by atoms with Crippen LogP contribution in [-0.2, 0) is 20.1 Å². The van der Waals surface area contributed by atoms with Gasteiger partial charge in [0.2, 0.25) is 0 Å². The monoisotopic (exact) mass is 340 g/mol. The average Bonchev–Trinajstić information content (AvgIpc) is 2.64. The first-order valence-corrected chi connectivity index (χ1v) is 8.74. The predicted molar refractivity (Wildman–Crippen MR) is 96.2 cm³/mol. The summed E-state index contributed by atoms with van der Waals surface area (Å²) in [6.45, 7) is 3.80. The predicted octanol–water partition coefficient (Wildman–Crippen LogP) is 1.70. The van der Waals surface area contributed by atoms with E-state index >= 15 is 0 Å². The van der Waals surface area contributed by atoms with Crippen molar-refractivity contribution >= 4 is 5.91 Å². The van der Waals surface area contributed by atoms with Crippen LogP contribution in [0.4, 0.5) is 0 Å². The fraction of sp³-hybridized carbons (Fsp3) is 0.421. The molecule has 1 aliphatic heterocycles. The van der Waals surface area contributed by atoms with Crippen LogP contribution in [-0.4, -0.2) is 33.7 Å². The van der Waals surface area contributed by atoms with Gasteiger partial charge in [0.15, 0.2) is 0 Å². The van der Waals surface area contributed by atoms with Gasteiger partial charge in [-0.25, -0.2) is 4.68 Å². The summed E-state index contributed by atoms with van der Waals surface area (Å²) in [5.41, 5.74) is 2.35. The van der Waals surface area contributed by atoms with Gasteiger partial charge in [0.05, 0.1) is 0 Å². The first-order valence-electron chi connectivity index (χ1n) is 8.74. The SMILES string of the molecule is Cn1nc(C(=O)NCc2ccc(CN3CCCCC3)cc2)ccc1=O. The van der Waals surface area contributed by atoms with E-state index in [0.717, 1.165) is 16.8 Å². The maximum Gasteiger partial charge on any atom is 0.271 e. The zero-order valence-electron chi connectivity index (χ0n) is 14.6. The van der Waals surface area contributed by atoms with Crippen LogP contribution in [0.25, 0.3) is 0 Å². The summed E-state index contributed by atoms with van der Waals surface area (Å²) in [5.74, 6) is -0.284. The molecular formula is C19H24N4O2. The number of amides is 1. The van der Waals surface area contributed by atoms with Gasteiger partial charge in [-0.3, -0.25) is 14.5 Å². The number of carbonyl (C=O) groups excluding carboxylic acids is 1. The molecular weight excluding hydrogens is 316 g/mol. The third-order valence-corrected chi connectivity index (χ3v) is 4.52. The second kappa shape index (κ2) is 8.07. The molecule has 1 fully saturated rings. The van der Waals surface area contributed by atoms with Gasteiger partial charge in [0.1, 0.15) is 5.69 Å². The van der Waals surface area contributed by atoms with Gasteiger partial charge in [0, 0.05) is 26.2 Å². The van der Waals surface area contributed by atoms with Crippen LogP contribution < -0.4 is 10.9 Å². The van der Waals surface area contributed by atoms with Crippen molar-refractivity contribution in [3.63, 3.8) is 0 Å². The third kappa shape index (κ3) is 4.76. The van der Waals surface area contributed by atoms with Crippen LogP contribution in [0, 0.1) is 0 Å². The highest BCUT2D eigenvalue weighted by Gasteiger charge is 2.11. The quantitative estimate of drug-likeness (QED) is 0.899. The van der Waals surface area contributed by atoms with E-state index in [9.17, 15) is 9.59 Å². The number of likely N-dealkylation sites (tertiary alicyclic amines) is 1. The molecule has 2 aromatic rings. The number of hydrogen-bond donors (Lipinski definition) is 1. The van der Waals surface area contributed by atoms with Crippen molar-refractivity contribution in [2.45, 2.75) is 32.4 Å². The molecule has 0 bridgehead atoms. The molecule has 132 valence electrons. The summed E-state index contributed by atoms with van der Waals surface area (Å²) in [6, 6.07) is 11.1. The number of rotatable bonds is 5. The molecule has 0 saturated carbocycles. The minimum Gasteiger partial charge on any atom is -0.347 e. The molecule has 3 rings (SSSR count). The van der Waals surface area contributed by atoms with Gasteiger partial charge >= 0.3 is 0 Å². The second-order valence-corrected chi connectivity index (χ2v) is 6.52. The minimum atomic E-state index is -0.284. The fourth-order valence-electron chi connectivity index (χ4n) is 3.03. The zero-order valence-corrected chi connectivity index (χ0v) is 14.6. The lowest BCUT2D eigenvalue weighted by Crippen LogP contribution is -2.29. The molecule has 2 heterocycles. The van der Waals surface area contributed by atoms with Gasteiger partial charge < -0.3 is 5.32 Å². The van der Waals surface area contributed by atoms with Crippen LogP contribution in [0.5, 0.6) is 0 Å². The molecule has 0 aliphatic carbocycles. The zero-order chi connectivity index (χ0) is 17.6. The first-order chi connectivity index (χ1) is 12.1. The Morgan fingerprint density at radius 2 is 1.72 bits per heavy atom. The second-order valence-electron chi connectivity index (χ2n) is 6.52. The number of benzene rings is 1. The van der Waals surface area contributed by atoms with Gasteiger partial charge in [-0.1, -0.05) is 30.7 Å². The van der Waals surface area contributed by atoms with Crippen molar-refractivity contribution < 1.29 is 4.79 Å². The Hall–Kier alpha value is -2.47. The largest absolute Gasteiger partial charge is 0.347 e. The minimum absolute atomic E-state index is 0.235. The van der Waals surface area contributed by atoms with Crippen molar-refractivity contribution in [1.82, 2.24) is 20.0 Å². The molecule has 1 aliphatic rings. The smallest absolute Gasteiger partial charge is 0.271 e. The molecule has 1 aromatic heterocycles. The lowest BCUT2D eigenvalue weighted by molar-refractivity contribution is 0.0943. The maximum atomic E-state index is 12.1. The van der Waals surface area contributed by atoms with Crippen LogP contribution in [0.2, 0.25) is 0 Å². The van der Waals surface area contributed by atoms with Crippen LogP contribution in [0.1, 0.15) is 40.9 Å². The van der Waals surface area contributed by atoms with Gasteiger partial charge in [-0.2, -0.15) is 5.10 Å². The lowest BCUT2D eigenvalue weighted by atomic mass is 10.1. The van der Waals surface area contributed by atoms with Crippen molar-refractivity contribution in [1.29, 1.82) is 0 Å². The molecule has 1 N–H and O–H groups in total. The fourth-order valence-corrected chi connectivity index (χ4v) is 3.03. The molecule has 0 radical (unpaired) electrons. The number of nitrogens with zero attached hydrogens (tertiary/aromatic N) is 3. The number of aryl methyl sites for hydroxylation is 1. The maximum absolute atomic E-state index is 12.1. The summed E-state index contributed by atoms with van der Waals surface area (Å²) in [7, 11) is 1.53. The summed E-state index contributed by atoms with van der Waals surface area (Å²) >= 11 is 0. The molecule has 6 heteroatoms. The van der Waals surface area contributed by atoms with E-state index in [1.807, 2.05) is 12.1 Å². The highest BCUT2D eigenvalue weighted by molar-refractivity contribution is 5.91. The Kier molecular flexibility index (Phi) is 5.60. The van der Waals surface area contributed by atoms with Crippen LogP contribution >= 0.6 is 0 Å². The van der Waals surface area contributed by atoms with Crippen molar-refractivity contribution in [3.8, 4) is 0 Å². The number of carbonyl (C=O) groups is 1. The van der Waals surface area contributed by atoms with E-state index in [-0.39, 0.29) is 17.2 Å². The molecule has 0 atom stereocenters. The molecule has 25 heavy (non-hydrogen) atoms. The van der Waals surface area contributed by atoms with Crippen LogP contribution in [0.15, 0.2) is 41.2 Å². The number of hydrogen-bond acceptors (Lipinski definition) is 4. The molecule has 0 spiro atoms. The van der Waals surface area contributed by atoms with E-state index in [2.05, 4.69) is 27.4 Å². The number of piperidine rings is 1. The molecule has 1 saturated heterocycles. The first kappa shape index (κ1) is 17.4. The molecule has 0 unspecified atom stereocenters. The van der Waals surface area contributed by atoms with Gasteiger partial charge in [-0.05, 0) is 43.1 Å². The lowest BCUT2D eigenvalue weighted by Gasteiger charge is -2.26. The number of aromatic nitrogens is 2. The van der Waals surface area contributed by atoms with E-state index < -0.39 is 0 Å². The van der Waals surface area contributed by atoms with Crippen molar-refractivity contribution in [2.75, 3.05) is 13.1 Å². The average molecular weight is 340 g/mol. The van der Waals surface area contributed by atoms with Gasteiger partial charge in [0.25, 0.3) is 11.5 Å². The topological polar surface area (TPSA) is 67.2 Å². The third-order valence-electron chi connectivity index (χ3n) is 4.52. The Morgan fingerprint density at radius 3 is 2.40 bits per heavy atom. The summed E-state index contributed by atoms with van der Waals surface area (Å²) in [4.78, 5) is 25.9. The Balaban J connectivity index is 1.53. The summed E-state index contributed by atoms with van der Waals surface area (Å²) < 4.78 is 1.16. The Morgan fingerprint density at radius 1 is 1.04 bits per heavy atom. The van der Waals surface area contributed by atoms with Crippen molar-refractivity contribution in [3.05, 3.63) is 63.6 Å². The molecule has 1 amide bonds. The highest BCUT2D eigenvalue weighted by Crippen LogP contribution is 2.13. The highest BCUT2D eigenvalue weighted by atomic mass is 16.2. The van der Waals surface area contributed by atoms with E-state index in [1.165, 1.54) is 57.1 Å². The van der Waals surface area contributed by atoms with E-state index in [0.29, 0.717) is 6.54 Å². The Bertz CT molecular complexity index is 777. The molecule has 1 aromatic carbocycles. The van der Waals surface area contributed by atoms with Crippen LogP contribution in [0.3, 0.4) is 0 Å². The van der Waals surface area contributed by atoms with E-state index in [1.54, 1.807) is 0 Å². The molecule has 6 nitrogen and oxygen atoms in total. The van der Waals surface area contributed by atoms with Crippen molar-refractivity contribution in [2.24, 2.45) is 7.05 Å². The summed E-state index contributed by atoms with van der Waals surface area (Å²) in [5, 5.41) is 6.79. The van der Waals surface area contributed by atoms with E-state index in [4.69, 9.17) is 0 Å². The summed E-state index contributed by atoms with van der Waals surface area (Å²) in [6.07, 6.45) is 3.94.